The highest BCUT2D eigenvalue weighted by molar-refractivity contribution is 6.04. The molecule has 3 rings (SSSR count). The average molecular weight is 272 g/mol. The SMILES string of the molecule is O=C(CN1C(=O)CCC1=O)N[C@H]1CCc2ccccc21. The molecule has 0 bridgehead atoms. The molecule has 1 aromatic carbocycles. The fourth-order valence-electron chi connectivity index (χ4n) is 2.89. The highest BCUT2D eigenvalue weighted by Crippen LogP contribution is 2.30. The monoisotopic (exact) mass is 272 g/mol. The van der Waals surface area contributed by atoms with Crippen LogP contribution in [0, 0.1) is 0 Å². The topological polar surface area (TPSA) is 66.5 Å². The van der Waals surface area contributed by atoms with Crippen molar-refractivity contribution in [2.75, 3.05) is 6.54 Å². The Morgan fingerprint density at radius 1 is 1.15 bits per heavy atom. The Kier molecular flexibility index (Phi) is 3.26. The third kappa shape index (κ3) is 2.31. The van der Waals surface area contributed by atoms with Crippen LogP contribution < -0.4 is 5.32 Å². The van der Waals surface area contributed by atoms with E-state index in [9.17, 15) is 14.4 Å². The second-order valence-electron chi connectivity index (χ2n) is 5.23. The van der Waals surface area contributed by atoms with E-state index >= 15 is 0 Å². The third-order valence-corrected chi connectivity index (χ3v) is 3.92. The van der Waals surface area contributed by atoms with Gasteiger partial charge in [-0.3, -0.25) is 19.3 Å². The van der Waals surface area contributed by atoms with Crippen LogP contribution in [-0.4, -0.2) is 29.2 Å². The molecule has 0 saturated carbocycles. The van der Waals surface area contributed by atoms with Gasteiger partial charge in [0, 0.05) is 12.8 Å². The molecule has 104 valence electrons. The van der Waals surface area contributed by atoms with Crippen LogP contribution in [0.25, 0.3) is 0 Å². The number of aryl methyl sites for hydroxylation is 1. The molecule has 1 atom stereocenters. The number of nitrogens with zero attached hydrogens (tertiary/aromatic N) is 1. The molecule has 0 spiro atoms. The Balaban J connectivity index is 1.63. The van der Waals surface area contributed by atoms with Crippen LogP contribution in [0.15, 0.2) is 24.3 Å². The normalized spacial score (nSPS) is 21.2. The number of hydrogen-bond donors (Lipinski definition) is 1. The maximum Gasteiger partial charge on any atom is 0.240 e. The van der Waals surface area contributed by atoms with E-state index in [2.05, 4.69) is 11.4 Å². The molecule has 1 saturated heterocycles. The molecule has 1 aromatic rings. The van der Waals surface area contributed by atoms with E-state index in [1.807, 2.05) is 18.2 Å². The fraction of sp³-hybridized carbons (Fsp3) is 0.400. The van der Waals surface area contributed by atoms with E-state index in [1.54, 1.807) is 0 Å². The van der Waals surface area contributed by atoms with Crippen molar-refractivity contribution in [2.45, 2.75) is 31.7 Å². The Morgan fingerprint density at radius 2 is 1.85 bits per heavy atom. The predicted molar refractivity (Wildman–Crippen MR) is 71.6 cm³/mol. The number of carbonyl (C=O) groups is 3. The summed E-state index contributed by atoms with van der Waals surface area (Å²) in [5.41, 5.74) is 2.39. The number of fused-ring (bicyclic) bond motifs is 1. The molecule has 5 nitrogen and oxygen atoms in total. The van der Waals surface area contributed by atoms with Crippen LogP contribution in [0.2, 0.25) is 0 Å². The lowest BCUT2D eigenvalue weighted by molar-refractivity contribution is -0.142. The first-order valence-corrected chi connectivity index (χ1v) is 6.85. The quantitative estimate of drug-likeness (QED) is 0.833. The van der Waals surface area contributed by atoms with Gasteiger partial charge in [0.05, 0.1) is 6.04 Å². The van der Waals surface area contributed by atoms with Crippen molar-refractivity contribution in [3.63, 3.8) is 0 Å². The molecule has 1 heterocycles. The van der Waals surface area contributed by atoms with Gasteiger partial charge in [0.2, 0.25) is 17.7 Å². The Bertz CT molecular complexity index is 566. The number of likely N-dealkylation sites (tertiary alicyclic amines) is 1. The second kappa shape index (κ2) is 5.07. The molecule has 3 amide bonds. The molecular formula is C15H16N2O3. The predicted octanol–water partition coefficient (Wildman–Crippen LogP) is 0.939. The minimum Gasteiger partial charge on any atom is -0.348 e. The van der Waals surface area contributed by atoms with Gasteiger partial charge in [-0.25, -0.2) is 0 Å². The molecule has 0 unspecified atom stereocenters. The van der Waals surface area contributed by atoms with Crippen molar-refractivity contribution in [3.8, 4) is 0 Å². The van der Waals surface area contributed by atoms with Crippen LogP contribution in [0.1, 0.15) is 36.4 Å². The average Bonchev–Trinajstić information content (AvgIpc) is 2.98. The molecular weight excluding hydrogens is 256 g/mol. The van der Waals surface area contributed by atoms with E-state index in [4.69, 9.17) is 0 Å². The standard InChI is InChI=1S/C15H16N2O3/c18-13(9-17-14(19)7-8-15(17)20)16-12-6-5-10-3-1-2-4-11(10)12/h1-4,12H,5-9H2,(H,16,18)/t12-/m0/s1. The first-order chi connectivity index (χ1) is 9.65. The summed E-state index contributed by atoms with van der Waals surface area (Å²) < 4.78 is 0. The van der Waals surface area contributed by atoms with E-state index in [0.717, 1.165) is 23.3 Å². The lowest BCUT2D eigenvalue weighted by Gasteiger charge is -2.17. The number of hydrogen-bond acceptors (Lipinski definition) is 3. The zero-order valence-corrected chi connectivity index (χ0v) is 11.1. The van der Waals surface area contributed by atoms with Gasteiger partial charge in [-0.1, -0.05) is 24.3 Å². The highest BCUT2D eigenvalue weighted by Gasteiger charge is 2.31. The van der Waals surface area contributed by atoms with Gasteiger partial charge in [-0.2, -0.15) is 0 Å². The maximum absolute atomic E-state index is 12.0. The van der Waals surface area contributed by atoms with Gasteiger partial charge in [0.25, 0.3) is 0 Å². The Morgan fingerprint density at radius 3 is 2.60 bits per heavy atom. The van der Waals surface area contributed by atoms with E-state index in [0.29, 0.717) is 0 Å². The van der Waals surface area contributed by atoms with Crippen LogP contribution in [-0.2, 0) is 20.8 Å². The van der Waals surface area contributed by atoms with Gasteiger partial charge in [-0.15, -0.1) is 0 Å². The number of rotatable bonds is 3. The lowest BCUT2D eigenvalue weighted by Crippen LogP contribution is -2.40. The molecule has 20 heavy (non-hydrogen) atoms. The molecule has 1 N–H and O–H groups in total. The van der Waals surface area contributed by atoms with Crippen LogP contribution >= 0.6 is 0 Å². The summed E-state index contributed by atoms with van der Waals surface area (Å²) in [6.07, 6.45) is 2.26. The zero-order valence-electron chi connectivity index (χ0n) is 11.1. The highest BCUT2D eigenvalue weighted by atomic mass is 16.2. The number of amides is 3. The van der Waals surface area contributed by atoms with Crippen molar-refractivity contribution < 1.29 is 14.4 Å². The van der Waals surface area contributed by atoms with Gasteiger partial charge in [0.1, 0.15) is 6.54 Å². The summed E-state index contributed by atoms with van der Waals surface area (Å²) in [6.45, 7) is -0.156. The van der Waals surface area contributed by atoms with Gasteiger partial charge in [-0.05, 0) is 24.0 Å². The summed E-state index contributed by atoms with van der Waals surface area (Å²) in [5.74, 6) is -0.774. The number of imide groups is 1. The molecule has 5 heteroatoms. The van der Waals surface area contributed by atoms with Crippen LogP contribution in [0.5, 0.6) is 0 Å². The van der Waals surface area contributed by atoms with Crippen molar-refractivity contribution in [2.24, 2.45) is 0 Å². The maximum atomic E-state index is 12.0. The number of benzene rings is 1. The smallest absolute Gasteiger partial charge is 0.240 e. The number of carbonyl (C=O) groups excluding carboxylic acids is 3. The molecule has 0 aromatic heterocycles. The first-order valence-electron chi connectivity index (χ1n) is 6.85. The van der Waals surface area contributed by atoms with E-state index in [1.165, 1.54) is 5.56 Å². The summed E-state index contributed by atoms with van der Waals surface area (Å²) in [7, 11) is 0. The van der Waals surface area contributed by atoms with Crippen LogP contribution in [0.3, 0.4) is 0 Å². The lowest BCUT2D eigenvalue weighted by atomic mass is 10.1. The third-order valence-electron chi connectivity index (χ3n) is 3.92. The summed E-state index contributed by atoms with van der Waals surface area (Å²) in [6, 6.07) is 8.02. The summed E-state index contributed by atoms with van der Waals surface area (Å²) in [5, 5.41) is 2.92. The second-order valence-corrected chi connectivity index (χ2v) is 5.23. The summed E-state index contributed by atoms with van der Waals surface area (Å²) in [4.78, 5) is 36.0. The fourth-order valence-corrected chi connectivity index (χ4v) is 2.89. The van der Waals surface area contributed by atoms with Crippen molar-refractivity contribution in [1.29, 1.82) is 0 Å². The zero-order chi connectivity index (χ0) is 14.1. The Hall–Kier alpha value is -2.17. The van der Waals surface area contributed by atoms with Gasteiger partial charge < -0.3 is 5.32 Å². The van der Waals surface area contributed by atoms with E-state index in [-0.39, 0.29) is 43.1 Å². The minimum absolute atomic E-state index is 0.00786. The largest absolute Gasteiger partial charge is 0.348 e. The first kappa shape index (κ1) is 12.8. The summed E-state index contributed by atoms with van der Waals surface area (Å²) >= 11 is 0. The molecule has 0 radical (unpaired) electrons. The molecule has 1 aliphatic heterocycles. The van der Waals surface area contributed by atoms with Crippen molar-refractivity contribution in [1.82, 2.24) is 10.2 Å². The Labute approximate surface area is 116 Å². The van der Waals surface area contributed by atoms with Gasteiger partial charge in [0.15, 0.2) is 0 Å². The van der Waals surface area contributed by atoms with Gasteiger partial charge >= 0.3 is 0 Å². The van der Waals surface area contributed by atoms with Crippen molar-refractivity contribution >= 4 is 17.7 Å². The van der Waals surface area contributed by atoms with Crippen LogP contribution in [0.4, 0.5) is 0 Å². The van der Waals surface area contributed by atoms with Crippen molar-refractivity contribution in [3.05, 3.63) is 35.4 Å². The molecule has 1 fully saturated rings. The van der Waals surface area contributed by atoms with E-state index < -0.39 is 0 Å². The number of nitrogens with one attached hydrogen (secondary N) is 1. The molecule has 1 aliphatic carbocycles. The molecule has 2 aliphatic rings. The minimum atomic E-state index is -0.268.